The van der Waals surface area contributed by atoms with Gasteiger partial charge in [0.15, 0.2) is 0 Å². The Morgan fingerprint density at radius 1 is 1.67 bits per heavy atom. The van der Waals surface area contributed by atoms with Gasteiger partial charge in [-0.3, -0.25) is 4.79 Å². The molecule has 0 aliphatic heterocycles. The molecule has 4 nitrogen and oxygen atoms in total. The summed E-state index contributed by atoms with van der Waals surface area (Å²) in [6, 6.07) is 3.94. The van der Waals surface area contributed by atoms with Crippen LogP contribution in [0.5, 0.6) is 5.75 Å². The van der Waals surface area contributed by atoms with Crippen molar-refractivity contribution in [3.63, 3.8) is 0 Å². The molecule has 0 radical (unpaired) electrons. The van der Waals surface area contributed by atoms with Gasteiger partial charge in [-0.25, -0.2) is 4.39 Å². The van der Waals surface area contributed by atoms with Gasteiger partial charge in [0.05, 0.1) is 13.0 Å². The molecule has 82 valence electrons. The van der Waals surface area contributed by atoms with Gasteiger partial charge in [0, 0.05) is 12.1 Å². The van der Waals surface area contributed by atoms with E-state index in [9.17, 15) is 9.18 Å². The summed E-state index contributed by atoms with van der Waals surface area (Å²) in [6.07, 6.45) is 0. The van der Waals surface area contributed by atoms with Crippen LogP contribution in [-0.2, 0) is 4.79 Å². The zero-order chi connectivity index (χ0) is 11.4. The molecule has 0 spiro atoms. The molecule has 0 aliphatic carbocycles. The quantitative estimate of drug-likeness (QED) is 0.781. The average Bonchev–Trinajstić information content (AvgIpc) is 2.21. The fourth-order valence-corrected chi connectivity index (χ4v) is 1.28. The molecule has 0 heterocycles. The van der Waals surface area contributed by atoms with Gasteiger partial charge in [-0.2, -0.15) is 0 Å². The van der Waals surface area contributed by atoms with E-state index in [4.69, 9.17) is 15.6 Å². The van der Waals surface area contributed by atoms with Crippen molar-refractivity contribution in [3.8, 4) is 5.75 Å². The van der Waals surface area contributed by atoms with Crippen molar-refractivity contribution < 1.29 is 19.0 Å². The first kappa shape index (κ1) is 11.5. The van der Waals surface area contributed by atoms with Crippen LogP contribution in [0.1, 0.15) is 11.5 Å². The van der Waals surface area contributed by atoms with Gasteiger partial charge in [0.1, 0.15) is 11.6 Å². The fraction of sp³-hybridized carbons (Fsp3) is 0.300. The number of methoxy groups -OCH3 is 1. The summed E-state index contributed by atoms with van der Waals surface area (Å²) in [6.45, 7) is -0.153. The lowest BCUT2D eigenvalue weighted by Crippen LogP contribution is -2.22. The van der Waals surface area contributed by atoms with Crippen LogP contribution in [0.2, 0.25) is 0 Å². The highest BCUT2D eigenvalue weighted by atomic mass is 19.1. The first-order valence-corrected chi connectivity index (χ1v) is 4.36. The molecule has 1 rings (SSSR count). The molecular formula is C10H12FNO3. The van der Waals surface area contributed by atoms with E-state index in [1.54, 1.807) is 0 Å². The van der Waals surface area contributed by atoms with Crippen LogP contribution in [-0.4, -0.2) is 24.7 Å². The Morgan fingerprint density at radius 2 is 2.33 bits per heavy atom. The highest BCUT2D eigenvalue weighted by Gasteiger charge is 2.22. The van der Waals surface area contributed by atoms with Crippen LogP contribution in [0.4, 0.5) is 4.39 Å². The molecule has 0 saturated carbocycles. The zero-order valence-corrected chi connectivity index (χ0v) is 8.24. The number of carboxylic acids is 1. The third kappa shape index (κ3) is 2.44. The van der Waals surface area contributed by atoms with Gasteiger partial charge in [0.2, 0.25) is 0 Å². The Kier molecular flexibility index (Phi) is 3.62. The molecule has 1 unspecified atom stereocenters. The molecule has 5 heteroatoms. The second-order valence-corrected chi connectivity index (χ2v) is 3.01. The summed E-state index contributed by atoms with van der Waals surface area (Å²) in [5, 5.41) is 8.83. The Bertz CT molecular complexity index is 368. The molecule has 0 amide bonds. The van der Waals surface area contributed by atoms with E-state index in [2.05, 4.69) is 0 Å². The Hall–Kier alpha value is -1.62. The van der Waals surface area contributed by atoms with E-state index in [0.717, 1.165) is 0 Å². The molecule has 0 aromatic heterocycles. The third-order valence-corrected chi connectivity index (χ3v) is 2.11. The van der Waals surface area contributed by atoms with Crippen LogP contribution in [0.25, 0.3) is 0 Å². The van der Waals surface area contributed by atoms with E-state index < -0.39 is 17.7 Å². The van der Waals surface area contributed by atoms with Gasteiger partial charge < -0.3 is 15.6 Å². The van der Waals surface area contributed by atoms with Crippen molar-refractivity contribution in [1.82, 2.24) is 0 Å². The number of halogens is 1. The first-order valence-electron chi connectivity index (χ1n) is 4.36. The normalized spacial score (nSPS) is 12.2. The van der Waals surface area contributed by atoms with E-state index in [-0.39, 0.29) is 12.1 Å². The molecule has 1 aromatic rings. The second-order valence-electron chi connectivity index (χ2n) is 3.01. The van der Waals surface area contributed by atoms with E-state index >= 15 is 0 Å². The summed E-state index contributed by atoms with van der Waals surface area (Å²) in [5.74, 6) is -2.37. The summed E-state index contributed by atoms with van der Waals surface area (Å²) in [4.78, 5) is 10.8. The van der Waals surface area contributed by atoms with Gasteiger partial charge in [-0.05, 0) is 18.2 Å². The minimum absolute atomic E-state index is 0.0457. The molecular weight excluding hydrogens is 201 g/mol. The van der Waals surface area contributed by atoms with Crippen molar-refractivity contribution in [1.29, 1.82) is 0 Å². The number of aliphatic carboxylic acids is 1. The summed E-state index contributed by atoms with van der Waals surface area (Å²) in [7, 11) is 1.43. The first-order chi connectivity index (χ1) is 7.10. The lowest BCUT2D eigenvalue weighted by molar-refractivity contribution is -0.138. The highest BCUT2D eigenvalue weighted by Crippen LogP contribution is 2.23. The number of carbonyl (C=O) groups is 1. The molecule has 3 N–H and O–H groups in total. The topological polar surface area (TPSA) is 72.5 Å². The number of nitrogens with two attached hydrogens (primary N) is 1. The van der Waals surface area contributed by atoms with Crippen LogP contribution >= 0.6 is 0 Å². The van der Waals surface area contributed by atoms with Gasteiger partial charge >= 0.3 is 5.97 Å². The smallest absolute Gasteiger partial charge is 0.312 e. The maximum atomic E-state index is 13.3. The average molecular weight is 213 g/mol. The predicted molar refractivity (Wildman–Crippen MR) is 52.4 cm³/mol. The van der Waals surface area contributed by atoms with Gasteiger partial charge in [-0.15, -0.1) is 0 Å². The third-order valence-electron chi connectivity index (χ3n) is 2.11. The number of rotatable bonds is 4. The predicted octanol–water partition coefficient (Wildman–Crippen LogP) is 0.961. The summed E-state index contributed by atoms with van der Waals surface area (Å²) < 4.78 is 18.2. The number of ether oxygens (including phenoxy) is 1. The highest BCUT2D eigenvalue weighted by molar-refractivity contribution is 5.76. The fourth-order valence-electron chi connectivity index (χ4n) is 1.28. The monoisotopic (exact) mass is 213 g/mol. The standard InChI is InChI=1S/C10H12FNO3/c1-15-6-2-3-9(11)7(4-6)8(5-12)10(13)14/h2-4,8H,5,12H2,1H3,(H,13,14). The van der Waals surface area contributed by atoms with Crippen LogP contribution < -0.4 is 10.5 Å². The maximum Gasteiger partial charge on any atom is 0.312 e. The lowest BCUT2D eigenvalue weighted by atomic mass is 9.98. The van der Waals surface area contributed by atoms with Gasteiger partial charge in [0.25, 0.3) is 0 Å². The van der Waals surface area contributed by atoms with Crippen LogP contribution in [0.15, 0.2) is 18.2 Å². The minimum atomic E-state index is -1.15. The SMILES string of the molecule is COc1ccc(F)c(C(CN)C(=O)O)c1. The summed E-state index contributed by atoms with van der Waals surface area (Å²) >= 11 is 0. The second kappa shape index (κ2) is 4.75. The number of benzene rings is 1. The number of carboxylic acid groups (broad SMARTS) is 1. The maximum absolute atomic E-state index is 13.3. The summed E-state index contributed by atoms with van der Waals surface area (Å²) in [5.41, 5.74) is 5.32. The van der Waals surface area contributed by atoms with Crippen molar-refractivity contribution in [2.75, 3.05) is 13.7 Å². The molecule has 0 bridgehead atoms. The Morgan fingerprint density at radius 3 is 2.80 bits per heavy atom. The Labute approximate surface area is 86.5 Å². The van der Waals surface area contributed by atoms with E-state index in [1.807, 2.05) is 0 Å². The number of hydrogen-bond donors (Lipinski definition) is 2. The van der Waals surface area contributed by atoms with E-state index in [1.165, 1.54) is 25.3 Å². The minimum Gasteiger partial charge on any atom is -0.497 e. The molecule has 1 atom stereocenters. The van der Waals surface area contributed by atoms with Crippen molar-refractivity contribution >= 4 is 5.97 Å². The van der Waals surface area contributed by atoms with Gasteiger partial charge in [-0.1, -0.05) is 0 Å². The molecule has 0 fully saturated rings. The molecule has 15 heavy (non-hydrogen) atoms. The lowest BCUT2D eigenvalue weighted by Gasteiger charge is -2.12. The molecule has 0 aliphatic rings. The largest absolute Gasteiger partial charge is 0.497 e. The van der Waals surface area contributed by atoms with Crippen molar-refractivity contribution in [3.05, 3.63) is 29.6 Å². The number of hydrogen-bond acceptors (Lipinski definition) is 3. The molecule has 1 aromatic carbocycles. The van der Waals surface area contributed by atoms with Crippen molar-refractivity contribution in [2.24, 2.45) is 5.73 Å². The van der Waals surface area contributed by atoms with E-state index in [0.29, 0.717) is 5.75 Å². The Balaban J connectivity index is 3.15. The van der Waals surface area contributed by atoms with Crippen LogP contribution in [0, 0.1) is 5.82 Å². The zero-order valence-electron chi connectivity index (χ0n) is 8.24. The molecule has 0 saturated heterocycles. The van der Waals surface area contributed by atoms with Crippen molar-refractivity contribution in [2.45, 2.75) is 5.92 Å². The van der Waals surface area contributed by atoms with Crippen LogP contribution in [0.3, 0.4) is 0 Å².